The zero-order valence-corrected chi connectivity index (χ0v) is 17.9. The molecule has 0 saturated heterocycles. The van der Waals surface area contributed by atoms with Crippen LogP contribution in [-0.4, -0.2) is 31.7 Å². The van der Waals surface area contributed by atoms with Gasteiger partial charge in [0.15, 0.2) is 6.10 Å². The van der Waals surface area contributed by atoms with Gasteiger partial charge in [-0.05, 0) is 68.9 Å². The first-order valence-corrected chi connectivity index (χ1v) is 10.8. The van der Waals surface area contributed by atoms with E-state index in [4.69, 9.17) is 14.2 Å². The number of hydrogen-bond donors (Lipinski definition) is 1. The van der Waals surface area contributed by atoms with E-state index in [0.717, 1.165) is 37.0 Å². The summed E-state index contributed by atoms with van der Waals surface area (Å²) in [6, 6.07) is 7.10. The summed E-state index contributed by atoms with van der Waals surface area (Å²) in [7, 11) is 1.60. The predicted octanol–water partition coefficient (Wildman–Crippen LogP) is 4.61. The number of amides is 1. The van der Waals surface area contributed by atoms with Crippen LogP contribution in [-0.2, 0) is 22.4 Å². The number of thiophene rings is 1. The molecule has 7 heteroatoms. The summed E-state index contributed by atoms with van der Waals surface area (Å²) in [5.41, 5.74) is 1.54. The van der Waals surface area contributed by atoms with Gasteiger partial charge in [0, 0.05) is 4.88 Å². The fourth-order valence-electron chi connectivity index (χ4n) is 3.41. The van der Waals surface area contributed by atoms with Crippen LogP contribution in [0, 0.1) is 0 Å². The maximum absolute atomic E-state index is 12.9. The molecule has 0 saturated carbocycles. The molecule has 1 aliphatic carbocycles. The van der Waals surface area contributed by atoms with Crippen LogP contribution in [0.4, 0.5) is 5.00 Å². The number of fused-ring (bicyclic) bond motifs is 1. The molecule has 1 heterocycles. The fraction of sp³-hybridized carbons (Fsp3) is 0.455. The summed E-state index contributed by atoms with van der Waals surface area (Å²) in [5.74, 6) is 0.667. The van der Waals surface area contributed by atoms with Gasteiger partial charge in [0.05, 0.1) is 19.3 Å². The Morgan fingerprint density at radius 3 is 2.45 bits per heavy atom. The Balaban J connectivity index is 1.78. The number of methoxy groups -OCH3 is 1. The summed E-state index contributed by atoms with van der Waals surface area (Å²) >= 11 is 1.48. The van der Waals surface area contributed by atoms with Crippen LogP contribution in [0.1, 0.15) is 53.9 Å². The normalized spacial score (nSPS) is 13.9. The molecule has 0 aliphatic heterocycles. The van der Waals surface area contributed by atoms with Crippen LogP contribution in [0.3, 0.4) is 0 Å². The Morgan fingerprint density at radius 1 is 1.10 bits per heavy atom. The fourth-order valence-corrected chi connectivity index (χ4v) is 4.69. The van der Waals surface area contributed by atoms with E-state index >= 15 is 0 Å². The molecule has 0 radical (unpaired) electrons. The lowest BCUT2D eigenvalue weighted by atomic mass is 9.95. The number of aryl methyl sites for hydroxylation is 1. The molecular weight excluding hydrogens is 390 g/mol. The van der Waals surface area contributed by atoms with Gasteiger partial charge in [-0.1, -0.05) is 6.92 Å². The van der Waals surface area contributed by atoms with Gasteiger partial charge in [0.1, 0.15) is 16.5 Å². The largest absolute Gasteiger partial charge is 0.497 e. The van der Waals surface area contributed by atoms with Crippen molar-refractivity contribution in [3.05, 3.63) is 40.3 Å². The minimum atomic E-state index is -0.669. The summed E-state index contributed by atoms with van der Waals surface area (Å²) in [4.78, 5) is 26.6. The monoisotopic (exact) mass is 417 g/mol. The number of esters is 1. The van der Waals surface area contributed by atoms with E-state index in [2.05, 4.69) is 5.32 Å². The molecule has 1 aliphatic rings. The Kier molecular flexibility index (Phi) is 7.14. The second-order valence-corrected chi connectivity index (χ2v) is 7.92. The average Bonchev–Trinajstić information content (AvgIpc) is 3.10. The summed E-state index contributed by atoms with van der Waals surface area (Å²) in [5, 5.41) is 3.50. The first-order chi connectivity index (χ1) is 14.1. The van der Waals surface area contributed by atoms with E-state index in [0.29, 0.717) is 29.3 Å². The van der Waals surface area contributed by atoms with Crippen molar-refractivity contribution < 1.29 is 23.8 Å². The van der Waals surface area contributed by atoms with Crippen LogP contribution < -0.4 is 14.8 Å². The van der Waals surface area contributed by atoms with Crippen molar-refractivity contribution >= 4 is 28.2 Å². The molecular formula is C22H27NO5S. The SMILES string of the molecule is CCOC(=O)c1c(NC(=O)C(CC)Oc2ccc(OC)cc2)sc2c1CCCC2. The van der Waals surface area contributed by atoms with Crippen LogP contribution in [0.15, 0.2) is 24.3 Å². The van der Waals surface area contributed by atoms with E-state index in [9.17, 15) is 9.59 Å². The third kappa shape index (κ3) is 4.90. The number of nitrogens with one attached hydrogen (secondary N) is 1. The molecule has 2 aromatic rings. The molecule has 1 amide bonds. The van der Waals surface area contributed by atoms with Gasteiger partial charge >= 0.3 is 5.97 Å². The molecule has 1 unspecified atom stereocenters. The van der Waals surface area contributed by atoms with Crippen molar-refractivity contribution in [1.29, 1.82) is 0 Å². The molecule has 6 nitrogen and oxygen atoms in total. The molecule has 1 aromatic carbocycles. The minimum Gasteiger partial charge on any atom is -0.497 e. The zero-order valence-electron chi connectivity index (χ0n) is 17.1. The quantitative estimate of drug-likeness (QED) is 0.635. The molecule has 1 aromatic heterocycles. The molecule has 0 fully saturated rings. The van der Waals surface area contributed by atoms with E-state index < -0.39 is 6.10 Å². The van der Waals surface area contributed by atoms with Gasteiger partial charge in [-0.25, -0.2) is 4.79 Å². The lowest BCUT2D eigenvalue weighted by Gasteiger charge is -2.17. The molecule has 1 N–H and O–H groups in total. The second kappa shape index (κ2) is 9.78. The van der Waals surface area contributed by atoms with Gasteiger partial charge in [0.25, 0.3) is 5.91 Å². The smallest absolute Gasteiger partial charge is 0.341 e. The van der Waals surface area contributed by atoms with Crippen molar-refractivity contribution in [1.82, 2.24) is 0 Å². The average molecular weight is 418 g/mol. The number of carbonyl (C=O) groups excluding carboxylic acids is 2. The zero-order chi connectivity index (χ0) is 20.8. The molecule has 0 bridgehead atoms. The van der Waals surface area contributed by atoms with E-state index in [1.807, 2.05) is 6.92 Å². The maximum Gasteiger partial charge on any atom is 0.341 e. The van der Waals surface area contributed by atoms with E-state index in [1.165, 1.54) is 16.2 Å². The number of rotatable bonds is 8. The van der Waals surface area contributed by atoms with E-state index in [-0.39, 0.29) is 11.9 Å². The maximum atomic E-state index is 12.9. The lowest BCUT2D eigenvalue weighted by Crippen LogP contribution is -2.32. The number of ether oxygens (including phenoxy) is 3. The topological polar surface area (TPSA) is 73.9 Å². The highest BCUT2D eigenvalue weighted by Crippen LogP contribution is 2.38. The highest BCUT2D eigenvalue weighted by Gasteiger charge is 2.29. The van der Waals surface area contributed by atoms with Crippen molar-refractivity contribution in [2.45, 2.75) is 52.1 Å². The first kappa shape index (κ1) is 21.2. The minimum absolute atomic E-state index is 0.271. The summed E-state index contributed by atoms with van der Waals surface area (Å²) in [6.07, 6.45) is 3.75. The first-order valence-electron chi connectivity index (χ1n) is 10.0. The number of benzene rings is 1. The Labute approximate surface area is 175 Å². The summed E-state index contributed by atoms with van der Waals surface area (Å²) < 4.78 is 16.3. The van der Waals surface area contributed by atoms with Gasteiger partial charge in [-0.3, -0.25) is 4.79 Å². The van der Waals surface area contributed by atoms with Crippen molar-refractivity contribution in [3.63, 3.8) is 0 Å². The van der Waals surface area contributed by atoms with Crippen LogP contribution in [0.5, 0.6) is 11.5 Å². The molecule has 1 atom stereocenters. The van der Waals surface area contributed by atoms with E-state index in [1.54, 1.807) is 38.3 Å². The Hall–Kier alpha value is -2.54. The number of hydrogen-bond acceptors (Lipinski definition) is 6. The molecule has 0 spiro atoms. The third-order valence-corrected chi connectivity index (χ3v) is 6.10. The van der Waals surface area contributed by atoms with Crippen LogP contribution >= 0.6 is 11.3 Å². The van der Waals surface area contributed by atoms with Crippen molar-refractivity contribution in [2.24, 2.45) is 0 Å². The number of anilines is 1. The molecule has 156 valence electrons. The molecule has 3 rings (SSSR count). The highest BCUT2D eigenvalue weighted by atomic mass is 32.1. The van der Waals surface area contributed by atoms with Gasteiger partial charge in [-0.15, -0.1) is 11.3 Å². The van der Waals surface area contributed by atoms with Crippen LogP contribution in [0.2, 0.25) is 0 Å². The van der Waals surface area contributed by atoms with Gasteiger partial charge in [-0.2, -0.15) is 0 Å². The number of carbonyl (C=O) groups is 2. The lowest BCUT2D eigenvalue weighted by molar-refractivity contribution is -0.122. The molecule has 29 heavy (non-hydrogen) atoms. The Morgan fingerprint density at radius 2 is 1.79 bits per heavy atom. The van der Waals surface area contributed by atoms with Gasteiger partial charge in [0.2, 0.25) is 0 Å². The second-order valence-electron chi connectivity index (χ2n) is 6.82. The van der Waals surface area contributed by atoms with Crippen molar-refractivity contribution in [2.75, 3.05) is 19.0 Å². The third-order valence-electron chi connectivity index (χ3n) is 4.89. The standard InChI is InChI=1S/C22H27NO5S/c1-4-17(28-15-12-10-14(26-3)11-13-15)20(24)23-21-19(22(25)27-5-2)16-8-6-7-9-18(16)29-21/h10-13,17H,4-9H2,1-3H3,(H,23,24). The predicted molar refractivity (Wildman–Crippen MR) is 113 cm³/mol. The van der Waals surface area contributed by atoms with Crippen molar-refractivity contribution in [3.8, 4) is 11.5 Å². The van der Waals surface area contributed by atoms with Gasteiger partial charge < -0.3 is 19.5 Å². The van der Waals surface area contributed by atoms with Crippen LogP contribution in [0.25, 0.3) is 0 Å². The summed E-state index contributed by atoms with van der Waals surface area (Å²) in [6.45, 7) is 3.97. The Bertz CT molecular complexity index is 859. The highest BCUT2D eigenvalue weighted by molar-refractivity contribution is 7.17.